The number of hydrogen-bond donors (Lipinski definition) is 1. The molecule has 0 saturated heterocycles. The summed E-state index contributed by atoms with van der Waals surface area (Å²) in [5.41, 5.74) is 0. The van der Waals surface area contributed by atoms with E-state index in [1.54, 1.807) is 6.08 Å². The Morgan fingerprint density at radius 2 is 2.09 bits per heavy atom. The van der Waals surface area contributed by atoms with Crippen LogP contribution in [-0.2, 0) is 4.79 Å². The minimum atomic E-state index is -0.879. The number of carboxylic acids is 1. The summed E-state index contributed by atoms with van der Waals surface area (Å²) < 4.78 is -0.743. The molecule has 0 aromatic rings. The third-order valence-electron chi connectivity index (χ3n) is 1.10. The number of aliphatic carboxylic acids is 1. The van der Waals surface area contributed by atoms with Crippen molar-refractivity contribution in [2.45, 2.75) is 8.56 Å². The molecule has 0 aromatic carbocycles. The normalized spacial score (nSPS) is 14.1. The molecule has 0 amide bonds. The van der Waals surface area contributed by atoms with Gasteiger partial charge in [0.15, 0.2) is 0 Å². The molecule has 0 aliphatic carbocycles. The summed E-state index contributed by atoms with van der Waals surface area (Å²) in [6.45, 7) is 3.47. The van der Waals surface area contributed by atoms with Crippen LogP contribution in [0.15, 0.2) is 12.7 Å². The van der Waals surface area contributed by atoms with Gasteiger partial charge in [0, 0.05) is 0 Å². The van der Waals surface area contributed by atoms with Crippen molar-refractivity contribution in [1.29, 1.82) is 0 Å². The largest absolute Gasteiger partial charge is 0.481 e. The van der Waals surface area contributed by atoms with Crippen molar-refractivity contribution in [3.05, 3.63) is 12.7 Å². The molecule has 0 bridgehead atoms. The third-order valence-corrected chi connectivity index (χ3v) is 2.75. The van der Waals surface area contributed by atoms with Crippen LogP contribution < -0.4 is 0 Å². The number of alkyl halides is 3. The molecule has 0 aliphatic rings. The van der Waals surface area contributed by atoms with Gasteiger partial charge in [0.05, 0.1) is 5.92 Å². The van der Waals surface area contributed by atoms with Gasteiger partial charge in [-0.25, -0.2) is 0 Å². The SMILES string of the molecule is C=CCC(C(=O)O)C(Br)(Br)Br. The van der Waals surface area contributed by atoms with E-state index in [-0.39, 0.29) is 0 Å². The summed E-state index contributed by atoms with van der Waals surface area (Å²) in [6.07, 6.45) is 1.97. The predicted molar refractivity (Wildman–Crippen MR) is 55.5 cm³/mol. The zero-order chi connectivity index (χ0) is 9.07. The molecule has 0 rings (SSSR count). The van der Waals surface area contributed by atoms with E-state index in [0.717, 1.165) is 0 Å². The molecule has 0 radical (unpaired) electrons. The molecule has 5 heteroatoms. The first-order chi connectivity index (χ1) is 4.89. The lowest BCUT2D eigenvalue weighted by atomic mass is 10.1. The van der Waals surface area contributed by atoms with Crippen LogP contribution in [0.3, 0.4) is 0 Å². The summed E-state index contributed by atoms with van der Waals surface area (Å²) >= 11 is 9.45. The Morgan fingerprint density at radius 3 is 2.18 bits per heavy atom. The van der Waals surface area contributed by atoms with Crippen molar-refractivity contribution < 1.29 is 9.90 Å². The topological polar surface area (TPSA) is 37.3 Å². The quantitative estimate of drug-likeness (QED) is 0.627. The molecule has 1 N–H and O–H groups in total. The first-order valence-electron chi connectivity index (χ1n) is 2.80. The van der Waals surface area contributed by atoms with Crippen LogP contribution in [-0.4, -0.2) is 13.2 Å². The van der Waals surface area contributed by atoms with Crippen LogP contribution in [0, 0.1) is 5.92 Å². The fourth-order valence-electron chi connectivity index (χ4n) is 0.541. The molecule has 64 valence electrons. The van der Waals surface area contributed by atoms with E-state index in [1.165, 1.54) is 0 Å². The fraction of sp³-hybridized carbons (Fsp3) is 0.500. The van der Waals surface area contributed by atoms with Crippen LogP contribution in [0.25, 0.3) is 0 Å². The minimum Gasteiger partial charge on any atom is -0.481 e. The second-order valence-electron chi connectivity index (χ2n) is 1.96. The van der Waals surface area contributed by atoms with Crippen molar-refractivity contribution >= 4 is 53.8 Å². The lowest BCUT2D eigenvalue weighted by molar-refractivity contribution is -0.141. The van der Waals surface area contributed by atoms with Gasteiger partial charge in [-0.05, 0) is 6.42 Å². The van der Waals surface area contributed by atoms with Gasteiger partial charge in [0.2, 0.25) is 0 Å². The molecule has 11 heavy (non-hydrogen) atoms. The van der Waals surface area contributed by atoms with Crippen LogP contribution in [0.5, 0.6) is 0 Å². The Labute approximate surface area is 90.4 Å². The smallest absolute Gasteiger partial charge is 0.310 e. The monoisotopic (exact) mass is 348 g/mol. The van der Waals surface area contributed by atoms with Gasteiger partial charge in [0.25, 0.3) is 0 Å². The van der Waals surface area contributed by atoms with Crippen molar-refractivity contribution in [3.63, 3.8) is 0 Å². The van der Waals surface area contributed by atoms with Gasteiger partial charge in [-0.3, -0.25) is 4.79 Å². The minimum absolute atomic E-state index is 0.400. The Kier molecular flexibility index (Phi) is 4.89. The van der Waals surface area contributed by atoms with E-state index in [9.17, 15) is 4.79 Å². The highest BCUT2D eigenvalue weighted by Crippen LogP contribution is 2.42. The molecule has 0 fully saturated rings. The summed E-state index contributed by atoms with van der Waals surface area (Å²) in [6, 6.07) is 0. The molecule has 2 nitrogen and oxygen atoms in total. The molecule has 0 aromatic heterocycles. The third kappa shape index (κ3) is 4.28. The summed E-state index contributed by atoms with van der Waals surface area (Å²) in [5.74, 6) is -1.45. The lowest BCUT2D eigenvalue weighted by Crippen LogP contribution is -2.25. The molecule has 1 unspecified atom stereocenters. The molecule has 0 spiro atoms. The number of halogens is 3. The highest BCUT2D eigenvalue weighted by molar-refractivity contribution is 9.39. The van der Waals surface area contributed by atoms with E-state index >= 15 is 0 Å². The molecule has 0 saturated carbocycles. The summed E-state index contributed by atoms with van der Waals surface area (Å²) in [5, 5.41) is 8.70. The van der Waals surface area contributed by atoms with Gasteiger partial charge < -0.3 is 5.11 Å². The molecular weight excluding hydrogens is 344 g/mol. The van der Waals surface area contributed by atoms with Crippen molar-refractivity contribution in [2.24, 2.45) is 5.92 Å². The molecular formula is C6H7Br3O2. The lowest BCUT2D eigenvalue weighted by Gasteiger charge is -2.19. The standard InChI is InChI=1S/C6H7Br3O2/c1-2-3-4(5(10)11)6(7,8)9/h2,4H,1,3H2,(H,10,11). The van der Waals surface area contributed by atoms with Crippen molar-refractivity contribution in [1.82, 2.24) is 0 Å². The maximum absolute atomic E-state index is 10.6. The Morgan fingerprint density at radius 1 is 1.64 bits per heavy atom. The maximum atomic E-state index is 10.6. The highest BCUT2D eigenvalue weighted by Gasteiger charge is 2.35. The second-order valence-corrected chi connectivity index (χ2v) is 8.90. The zero-order valence-electron chi connectivity index (χ0n) is 5.56. The van der Waals surface area contributed by atoms with E-state index in [0.29, 0.717) is 6.42 Å². The van der Waals surface area contributed by atoms with E-state index in [2.05, 4.69) is 54.4 Å². The zero-order valence-corrected chi connectivity index (χ0v) is 10.3. The van der Waals surface area contributed by atoms with Crippen LogP contribution in [0.1, 0.15) is 6.42 Å². The molecule has 0 aliphatic heterocycles. The van der Waals surface area contributed by atoms with Crippen LogP contribution in [0.4, 0.5) is 0 Å². The van der Waals surface area contributed by atoms with E-state index < -0.39 is 14.0 Å². The Balaban J connectivity index is 4.34. The number of allylic oxidation sites excluding steroid dienone is 1. The fourth-order valence-corrected chi connectivity index (χ4v) is 1.69. The van der Waals surface area contributed by atoms with Crippen LogP contribution >= 0.6 is 47.8 Å². The van der Waals surface area contributed by atoms with E-state index in [4.69, 9.17) is 5.11 Å². The number of rotatable bonds is 3. The van der Waals surface area contributed by atoms with Crippen LogP contribution in [0.2, 0.25) is 0 Å². The maximum Gasteiger partial charge on any atom is 0.310 e. The van der Waals surface area contributed by atoms with Gasteiger partial charge in [0.1, 0.15) is 2.14 Å². The van der Waals surface area contributed by atoms with Gasteiger partial charge in [-0.1, -0.05) is 53.9 Å². The summed E-state index contributed by atoms with van der Waals surface area (Å²) in [4.78, 5) is 10.6. The van der Waals surface area contributed by atoms with Gasteiger partial charge in [-0.2, -0.15) is 0 Å². The highest BCUT2D eigenvalue weighted by atomic mass is 80.0. The first-order valence-corrected chi connectivity index (χ1v) is 5.18. The molecule has 0 heterocycles. The Bertz CT molecular complexity index is 162. The van der Waals surface area contributed by atoms with Gasteiger partial charge >= 0.3 is 5.97 Å². The van der Waals surface area contributed by atoms with Crippen molar-refractivity contribution in [2.75, 3.05) is 0 Å². The predicted octanol–water partition coefficient (Wildman–Crippen LogP) is 3.10. The number of carbonyl (C=O) groups is 1. The Hall–Kier alpha value is 0.650. The second kappa shape index (κ2) is 4.62. The molecule has 1 atom stereocenters. The average molecular weight is 351 g/mol. The first kappa shape index (κ1) is 11.6. The van der Waals surface area contributed by atoms with Crippen molar-refractivity contribution in [3.8, 4) is 0 Å². The van der Waals surface area contributed by atoms with Gasteiger partial charge in [-0.15, -0.1) is 6.58 Å². The van der Waals surface area contributed by atoms with E-state index in [1.807, 2.05) is 0 Å². The number of hydrogen-bond acceptors (Lipinski definition) is 1. The summed E-state index contributed by atoms with van der Waals surface area (Å²) in [7, 11) is 0. The number of carboxylic acid groups (broad SMARTS) is 1. The average Bonchev–Trinajstić information content (AvgIpc) is 1.79.